The van der Waals surface area contributed by atoms with E-state index in [4.69, 9.17) is 17.3 Å². The number of nitrogens with one attached hydrogen (secondary N) is 1. The maximum absolute atomic E-state index is 13.2. The lowest BCUT2D eigenvalue weighted by Crippen LogP contribution is -2.50. The van der Waals surface area contributed by atoms with Crippen LogP contribution < -0.4 is 11.1 Å². The molecule has 3 N–H and O–H groups in total. The Morgan fingerprint density at radius 2 is 1.32 bits per heavy atom. The highest BCUT2D eigenvalue weighted by atomic mass is 35.5. The summed E-state index contributed by atoms with van der Waals surface area (Å²) >= 11 is 7.70. The molecule has 0 heterocycles. The van der Waals surface area contributed by atoms with Gasteiger partial charge in [-0.1, -0.05) is 72.3 Å². The largest absolute Gasteiger partial charge is 0.343 e. The van der Waals surface area contributed by atoms with E-state index in [1.807, 2.05) is 75.8 Å². The molecule has 0 aliphatic rings. The fourth-order valence-corrected chi connectivity index (χ4v) is 5.33. The van der Waals surface area contributed by atoms with E-state index in [-0.39, 0.29) is 29.1 Å². The number of amides is 1. The van der Waals surface area contributed by atoms with E-state index < -0.39 is 0 Å². The fraction of sp³-hybridized carbons (Fsp3) is 0.424. The molecule has 1 amide bonds. The number of hydrogen-bond donors (Lipinski definition) is 2. The molecule has 0 aromatic heterocycles. The summed E-state index contributed by atoms with van der Waals surface area (Å²) in [5.41, 5.74) is 9.78. The first kappa shape index (κ1) is 33.9. The quantitative estimate of drug-likeness (QED) is 0.261. The molecular weight excluding hydrogens is 536 g/mol. The molecule has 2 unspecified atom stereocenters. The van der Waals surface area contributed by atoms with Crippen LogP contribution in [0.5, 0.6) is 0 Å². The molecule has 0 spiro atoms. The maximum atomic E-state index is 13.2. The second kappa shape index (κ2) is 14.5. The normalized spacial score (nSPS) is 13.4. The van der Waals surface area contributed by atoms with E-state index in [1.165, 1.54) is 17.3 Å². The summed E-state index contributed by atoms with van der Waals surface area (Å²) in [6.45, 7) is 10.5. The van der Waals surface area contributed by atoms with Gasteiger partial charge in [-0.15, -0.1) is 11.8 Å². The Hall–Kier alpha value is -2.35. The number of thioether (sulfide) groups is 1. The fourth-order valence-electron chi connectivity index (χ4n) is 4.29. The summed E-state index contributed by atoms with van der Waals surface area (Å²) < 4.78 is 0. The smallest absolute Gasteiger partial charge is 0.253 e. The summed E-state index contributed by atoms with van der Waals surface area (Å²) in [6.07, 6.45) is 1.96. The highest BCUT2D eigenvalue weighted by Gasteiger charge is 2.35. The van der Waals surface area contributed by atoms with Crippen LogP contribution in [0.2, 0.25) is 5.02 Å². The van der Waals surface area contributed by atoms with E-state index in [2.05, 4.69) is 81.2 Å². The Bertz CT molecular complexity index is 1230. The van der Waals surface area contributed by atoms with Crippen LogP contribution in [0.4, 0.5) is 0 Å². The third kappa shape index (κ3) is 8.34. The first-order valence-corrected chi connectivity index (χ1v) is 15.1. The van der Waals surface area contributed by atoms with Gasteiger partial charge in [-0.05, 0) is 97.9 Å². The zero-order valence-corrected chi connectivity index (χ0v) is 27.3. The lowest BCUT2D eigenvalue weighted by molar-refractivity contribution is 0.0837. The van der Waals surface area contributed by atoms with Crippen LogP contribution in [0, 0.1) is 6.92 Å². The Morgan fingerprint density at radius 3 is 1.77 bits per heavy atom. The van der Waals surface area contributed by atoms with Gasteiger partial charge in [0.25, 0.3) is 5.91 Å². The zero-order valence-electron chi connectivity index (χ0n) is 25.7. The van der Waals surface area contributed by atoms with Gasteiger partial charge in [-0.2, -0.15) is 0 Å². The average Bonchev–Trinajstić information content (AvgIpc) is 2.91. The van der Waals surface area contributed by atoms with Gasteiger partial charge in [0.05, 0.1) is 11.6 Å². The summed E-state index contributed by atoms with van der Waals surface area (Å²) in [5, 5.41) is 3.92. The van der Waals surface area contributed by atoms with Gasteiger partial charge in [-0.25, -0.2) is 0 Å². The van der Waals surface area contributed by atoms with E-state index in [9.17, 15) is 4.79 Å². The molecule has 5 nitrogen and oxygen atoms in total. The third-order valence-electron chi connectivity index (χ3n) is 8.05. The molecule has 3 aromatic carbocycles. The molecule has 0 aliphatic carbocycles. The van der Waals surface area contributed by atoms with Crippen LogP contribution in [-0.2, 0) is 0 Å². The van der Waals surface area contributed by atoms with Gasteiger partial charge < -0.3 is 20.9 Å². The molecule has 0 bridgehead atoms. The molecule has 40 heavy (non-hydrogen) atoms. The molecule has 3 aromatic rings. The van der Waals surface area contributed by atoms with Crippen molar-refractivity contribution in [1.29, 1.82) is 0 Å². The Balaban J connectivity index is 0.000000337. The van der Waals surface area contributed by atoms with E-state index >= 15 is 0 Å². The van der Waals surface area contributed by atoms with E-state index in [0.29, 0.717) is 10.6 Å². The van der Waals surface area contributed by atoms with Crippen LogP contribution in [0.25, 0.3) is 0 Å². The molecule has 0 saturated heterocycles. The van der Waals surface area contributed by atoms with Crippen molar-refractivity contribution in [2.75, 3.05) is 34.4 Å². The van der Waals surface area contributed by atoms with Crippen LogP contribution in [0.15, 0.2) is 77.7 Å². The third-order valence-corrected chi connectivity index (χ3v) is 9.03. The van der Waals surface area contributed by atoms with Crippen molar-refractivity contribution in [2.45, 2.75) is 62.7 Å². The minimum atomic E-state index is -0.267. The molecule has 0 radical (unpaired) electrons. The molecule has 0 aliphatic heterocycles. The molecule has 3 rings (SSSR count). The lowest BCUT2D eigenvalue weighted by atomic mass is 9.87. The first-order chi connectivity index (χ1) is 18.6. The molecule has 7 heteroatoms. The summed E-state index contributed by atoms with van der Waals surface area (Å²) in [4.78, 5) is 18.4. The van der Waals surface area contributed by atoms with E-state index in [1.54, 1.807) is 0 Å². The number of benzene rings is 3. The minimum Gasteiger partial charge on any atom is -0.343 e. The molecule has 0 fully saturated rings. The SMILES string of the molecule is CN(C)C(C)(C)C(N)c1ccccc1.CSc1cc(Cl)cc(C)c1C(=O)NC(c1ccccc1)C(C)(C)N(C)C. The number of nitrogens with zero attached hydrogens (tertiary/aromatic N) is 2. The number of halogens is 1. The van der Waals surface area contributed by atoms with Gasteiger partial charge in [0.2, 0.25) is 0 Å². The van der Waals surface area contributed by atoms with Crippen molar-refractivity contribution in [3.05, 3.63) is 100 Å². The van der Waals surface area contributed by atoms with Crippen molar-refractivity contribution in [1.82, 2.24) is 15.1 Å². The van der Waals surface area contributed by atoms with E-state index in [0.717, 1.165) is 16.0 Å². The number of likely N-dealkylation sites (N-methyl/N-ethyl adjacent to an activating group) is 2. The van der Waals surface area contributed by atoms with Gasteiger partial charge in [0, 0.05) is 27.0 Å². The van der Waals surface area contributed by atoms with Crippen LogP contribution >= 0.6 is 23.4 Å². The monoisotopic (exact) mass is 582 g/mol. The minimum absolute atomic E-state index is 0.0264. The maximum Gasteiger partial charge on any atom is 0.253 e. The van der Waals surface area contributed by atoms with Crippen molar-refractivity contribution in [2.24, 2.45) is 5.73 Å². The second-order valence-corrected chi connectivity index (χ2v) is 12.9. The standard InChI is InChI=1S/C21H27ClN2OS.C12H20N2/c1-14-12-16(22)13-17(26-6)18(14)20(25)23-19(21(2,3)24(4)5)15-10-8-7-9-11-15;1-12(2,14(3)4)11(13)10-8-6-5-7-9-10/h7-13,19H,1-6H3,(H,23,25);5-9,11H,13H2,1-4H3. The van der Waals surface area contributed by atoms with Gasteiger partial charge >= 0.3 is 0 Å². The predicted molar refractivity (Wildman–Crippen MR) is 174 cm³/mol. The van der Waals surface area contributed by atoms with Crippen LogP contribution in [0.3, 0.4) is 0 Å². The van der Waals surface area contributed by atoms with Gasteiger partial charge in [-0.3, -0.25) is 4.79 Å². The van der Waals surface area contributed by atoms with Crippen LogP contribution in [0.1, 0.15) is 66.8 Å². The van der Waals surface area contributed by atoms with Crippen molar-refractivity contribution in [3.8, 4) is 0 Å². The second-order valence-electron chi connectivity index (χ2n) is 11.6. The molecule has 218 valence electrons. The lowest BCUT2D eigenvalue weighted by Gasteiger charge is -2.41. The van der Waals surface area contributed by atoms with Crippen molar-refractivity contribution >= 4 is 29.3 Å². The van der Waals surface area contributed by atoms with Crippen molar-refractivity contribution in [3.63, 3.8) is 0 Å². The summed E-state index contributed by atoms with van der Waals surface area (Å²) in [5.74, 6) is -0.0766. The molecular formula is C33H47ClN4OS. The summed E-state index contributed by atoms with van der Waals surface area (Å²) in [7, 11) is 8.18. The summed E-state index contributed by atoms with van der Waals surface area (Å²) in [6, 6.07) is 23.9. The Labute approximate surface area is 251 Å². The van der Waals surface area contributed by atoms with Crippen LogP contribution in [-0.4, -0.2) is 61.2 Å². The highest BCUT2D eigenvalue weighted by molar-refractivity contribution is 7.98. The number of carbonyl (C=O) groups is 1. The number of hydrogen-bond acceptors (Lipinski definition) is 5. The highest BCUT2D eigenvalue weighted by Crippen LogP contribution is 2.32. The number of nitrogens with two attached hydrogens (primary N) is 1. The average molecular weight is 583 g/mol. The predicted octanol–water partition coefficient (Wildman–Crippen LogP) is 7.21. The number of aryl methyl sites for hydroxylation is 1. The molecule has 2 atom stereocenters. The Morgan fingerprint density at radius 1 is 0.850 bits per heavy atom. The topological polar surface area (TPSA) is 61.6 Å². The molecule has 0 saturated carbocycles. The zero-order chi connectivity index (χ0) is 30.3. The number of rotatable bonds is 9. The van der Waals surface area contributed by atoms with Crippen molar-refractivity contribution < 1.29 is 4.79 Å². The number of carbonyl (C=O) groups excluding carboxylic acids is 1. The van der Waals surface area contributed by atoms with Gasteiger partial charge in [0.15, 0.2) is 0 Å². The first-order valence-electron chi connectivity index (χ1n) is 13.5. The van der Waals surface area contributed by atoms with Gasteiger partial charge in [0.1, 0.15) is 0 Å². The Kier molecular flexibility index (Phi) is 12.3.